The summed E-state index contributed by atoms with van der Waals surface area (Å²) in [5.74, 6) is 0.704. The molecular formula is C18H30N2O. The first-order chi connectivity index (χ1) is 9.54. The van der Waals surface area contributed by atoms with Gasteiger partial charge < -0.3 is 11.1 Å². The summed E-state index contributed by atoms with van der Waals surface area (Å²) in [5, 5.41) is 3.00. The van der Waals surface area contributed by atoms with Crippen LogP contribution in [-0.4, -0.2) is 11.9 Å². The Hall–Kier alpha value is -1.35. The minimum absolute atomic E-state index is 0.123. The molecule has 1 aromatic carbocycles. The second-order valence-electron chi connectivity index (χ2n) is 7.49. The average molecular weight is 290 g/mol. The fourth-order valence-corrected chi connectivity index (χ4v) is 2.14. The zero-order chi connectivity index (χ0) is 16.4. The molecule has 0 bridgehead atoms. The predicted molar refractivity (Wildman–Crippen MR) is 90.7 cm³/mol. The number of hydrogen-bond acceptors (Lipinski definition) is 2. The summed E-state index contributed by atoms with van der Waals surface area (Å²) in [6.45, 7) is 14.5. The summed E-state index contributed by atoms with van der Waals surface area (Å²) in [7, 11) is 0. The lowest BCUT2D eigenvalue weighted by Crippen LogP contribution is -2.45. The number of carbonyl (C=O) groups excluding carboxylic acids is 1. The molecule has 0 fully saturated rings. The highest BCUT2D eigenvalue weighted by atomic mass is 16.2. The second-order valence-corrected chi connectivity index (χ2v) is 7.49. The molecule has 1 amide bonds. The quantitative estimate of drug-likeness (QED) is 0.871. The molecule has 118 valence electrons. The monoisotopic (exact) mass is 290 g/mol. The van der Waals surface area contributed by atoms with Crippen molar-refractivity contribution < 1.29 is 4.79 Å². The zero-order valence-electron chi connectivity index (χ0n) is 14.4. The molecule has 0 unspecified atom stereocenters. The van der Waals surface area contributed by atoms with Crippen LogP contribution in [-0.2, 0) is 4.79 Å². The van der Waals surface area contributed by atoms with Crippen LogP contribution < -0.4 is 11.1 Å². The van der Waals surface area contributed by atoms with Crippen LogP contribution >= 0.6 is 0 Å². The molecule has 1 atom stereocenters. The van der Waals surface area contributed by atoms with E-state index >= 15 is 0 Å². The van der Waals surface area contributed by atoms with Gasteiger partial charge in [-0.25, -0.2) is 0 Å². The zero-order valence-corrected chi connectivity index (χ0v) is 14.4. The summed E-state index contributed by atoms with van der Waals surface area (Å²) in [6, 6.07) is 5.74. The van der Waals surface area contributed by atoms with E-state index in [0.717, 1.165) is 11.3 Å². The number of hydrogen-bond donors (Lipinski definition) is 2. The van der Waals surface area contributed by atoms with Gasteiger partial charge in [0, 0.05) is 5.69 Å². The molecule has 3 heteroatoms. The van der Waals surface area contributed by atoms with E-state index in [0.29, 0.717) is 11.8 Å². The molecule has 0 aromatic heterocycles. The molecule has 21 heavy (non-hydrogen) atoms. The first-order valence-electron chi connectivity index (χ1n) is 7.74. The first kappa shape index (κ1) is 17.7. The Labute approximate surface area is 129 Å². The number of benzene rings is 1. The Morgan fingerprint density at radius 3 is 2.10 bits per heavy atom. The molecule has 0 aliphatic rings. The van der Waals surface area contributed by atoms with E-state index in [2.05, 4.69) is 45.1 Å². The fraction of sp³-hybridized carbons (Fsp3) is 0.611. The summed E-state index contributed by atoms with van der Waals surface area (Å²) >= 11 is 0. The molecule has 1 aromatic rings. The predicted octanol–water partition coefficient (Wildman–Crippen LogP) is 4.25. The number of anilines is 1. The summed E-state index contributed by atoms with van der Waals surface area (Å²) in [5.41, 5.74) is 9.11. The van der Waals surface area contributed by atoms with Crippen molar-refractivity contribution in [2.75, 3.05) is 5.32 Å². The lowest BCUT2D eigenvalue weighted by molar-refractivity contribution is -0.119. The van der Waals surface area contributed by atoms with Crippen LogP contribution in [0.2, 0.25) is 0 Å². The third-order valence-corrected chi connectivity index (χ3v) is 3.84. The Morgan fingerprint density at radius 1 is 1.10 bits per heavy atom. The van der Waals surface area contributed by atoms with E-state index in [1.54, 1.807) is 0 Å². The second kappa shape index (κ2) is 6.61. The average Bonchev–Trinajstić information content (AvgIpc) is 2.36. The highest BCUT2D eigenvalue weighted by molar-refractivity contribution is 5.96. The molecule has 3 N–H and O–H groups in total. The normalized spacial score (nSPS) is 13.6. The highest BCUT2D eigenvalue weighted by Gasteiger charge is 2.28. The van der Waals surface area contributed by atoms with Crippen LogP contribution in [0.15, 0.2) is 18.2 Å². The van der Waals surface area contributed by atoms with Crippen LogP contribution in [0, 0.1) is 5.41 Å². The van der Waals surface area contributed by atoms with E-state index in [1.165, 1.54) is 5.56 Å². The van der Waals surface area contributed by atoms with Gasteiger partial charge in [-0.1, -0.05) is 60.6 Å². The number of rotatable bonds is 4. The van der Waals surface area contributed by atoms with Crippen LogP contribution in [0.3, 0.4) is 0 Å². The van der Waals surface area contributed by atoms with Crippen LogP contribution in [0.4, 0.5) is 5.69 Å². The van der Waals surface area contributed by atoms with Gasteiger partial charge in [0.15, 0.2) is 0 Å². The van der Waals surface area contributed by atoms with Gasteiger partial charge in [-0.2, -0.15) is 0 Å². The van der Waals surface area contributed by atoms with Crippen molar-refractivity contribution in [3.63, 3.8) is 0 Å². The van der Waals surface area contributed by atoms with Gasteiger partial charge in [0.05, 0.1) is 6.04 Å². The van der Waals surface area contributed by atoms with Crippen molar-refractivity contribution in [3.05, 3.63) is 29.3 Å². The van der Waals surface area contributed by atoms with Crippen LogP contribution in [0.5, 0.6) is 0 Å². The van der Waals surface area contributed by atoms with Crippen LogP contribution in [0.25, 0.3) is 0 Å². The molecule has 0 heterocycles. The minimum Gasteiger partial charge on any atom is -0.324 e. The summed E-state index contributed by atoms with van der Waals surface area (Å²) < 4.78 is 0. The summed E-state index contributed by atoms with van der Waals surface area (Å²) in [6.07, 6.45) is 0. The molecule has 0 aliphatic carbocycles. The Morgan fingerprint density at radius 2 is 1.67 bits per heavy atom. The van der Waals surface area contributed by atoms with Crippen molar-refractivity contribution in [2.45, 2.75) is 66.3 Å². The third-order valence-electron chi connectivity index (χ3n) is 3.84. The van der Waals surface area contributed by atoms with Crippen molar-refractivity contribution in [3.8, 4) is 0 Å². The van der Waals surface area contributed by atoms with Crippen molar-refractivity contribution in [2.24, 2.45) is 11.1 Å². The maximum atomic E-state index is 12.3. The van der Waals surface area contributed by atoms with Gasteiger partial charge in [-0.05, 0) is 34.4 Å². The van der Waals surface area contributed by atoms with E-state index in [-0.39, 0.29) is 11.3 Å². The van der Waals surface area contributed by atoms with E-state index < -0.39 is 6.04 Å². The van der Waals surface area contributed by atoms with Gasteiger partial charge in [-0.3, -0.25) is 4.79 Å². The molecule has 0 radical (unpaired) electrons. The van der Waals surface area contributed by atoms with Gasteiger partial charge in [-0.15, -0.1) is 0 Å². The lowest BCUT2D eigenvalue weighted by Gasteiger charge is -2.26. The standard InChI is InChI=1S/C18H30N2O/c1-11(2)13-8-9-15(14(10-13)12(3)4)20-17(21)16(19)18(5,6)7/h8-12,16H,19H2,1-7H3,(H,20,21)/t16-/m0/s1. The molecule has 0 spiro atoms. The Balaban J connectivity index is 3.06. The lowest BCUT2D eigenvalue weighted by atomic mass is 9.86. The SMILES string of the molecule is CC(C)c1ccc(NC(=O)[C@H](N)C(C)(C)C)c(C(C)C)c1. The number of nitrogens with two attached hydrogens (primary N) is 1. The Kier molecular flexibility index (Phi) is 5.57. The summed E-state index contributed by atoms with van der Waals surface area (Å²) in [4.78, 5) is 12.3. The van der Waals surface area contributed by atoms with Gasteiger partial charge in [0.1, 0.15) is 0 Å². The van der Waals surface area contributed by atoms with E-state index in [9.17, 15) is 4.79 Å². The van der Waals surface area contributed by atoms with Crippen LogP contribution in [0.1, 0.15) is 71.4 Å². The molecule has 0 aliphatic heterocycles. The smallest absolute Gasteiger partial charge is 0.241 e. The number of carbonyl (C=O) groups is 1. The fourth-order valence-electron chi connectivity index (χ4n) is 2.14. The molecule has 0 saturated carbocycles. The van der Waals surface area contributed by atoms with E-state index in [1.807, 2.05) is 26.8 Å². The molecular weight excluding hydrogens is 260 g/mol. The topological polar surface area (TPSA) is 55.1 Å². The molecule has 1 rings (SSSR count). The maximum Gasteiger partial charge on any atom is 0.241 e. The maximum absolute atomic E-state index is 12.3. The van der Waals surface area contributed by atoms with Crippen molar-refractivity contribution >= 4 is 11.6 Å². The number of nitrogens with one attached hydrogen (secondary N) is 1. The largest absolute Gasteiger partial charge is 0.324 e. The van der Waals surface area contributed by atoms with Gasteiger partial charge >= 0.3 is 0 Å². The molecule has 0 saturated heterocycles. The minimum atomic E-state index is -0.526. The molecule has 3 nitrogen and oxygen atoms in total. The van der Waals surface area contributed by atoms with Gasteiger partial charge in [0.25, 0.3) is 0 Å². The van der Waals surface area contributed by atoms with E-state index in [4.69, 9.17) is 5.73 Å². The first-order valence-corrected chi connectivity index (χ1v) is 7.74. The highest BCUT2D eigenvalue weighted by Crippen LogP contribution is 2.29. The Bertz CT molecular complexity index is 498. The third kappa shape index (κ3) is 4.57. The van der Waals surface area contributed by atoms with Gasteiger partial charge in [0.2, 0.25) is 5.91 Å². The number of amides is 1. The van der Waals surface area contributed by atoms with Crippen molar-refractivity contribution in [1.82, 2.24) is 0 Å². The van der Waals surface area contributed by atoms with Crippen molar-refractivity contribution in [1.29, 1.82) is 0 Å².